The van der Waals surface area contributed by atoms with Gasteiger partial charge in [-0.05, 0) is 30.4 Å². The smallest absolute Gasteiger partial charge is 0.321 e. The summed E-state index contributed by atoms with van der Waals surface area (Å²) in [5.41, 5.74) is 0.466. The van der Waals surface area contributed by atoms with Gasteiger partial charge in [0.2, 0.25) is 0 Å². The van der Waals surface area contributed by atoms with Crippen molar-refractivity contribution in [1.29, 1.82) is 0 Å². The molecule has 1 aliphatic heterocycles. The lowest BCUT2D eigenvalue weighted by Crippen LogP contribution is -2.46. The van der Waals surface area contributed by atoms with E-state index in [2.05, 4.69) is 19.2 Å². The Hall–Kier alpha value is -1.84. The fourth-order valence-corrected chi connectivity index (χ4v) is 2.73. The highest BCUT2D eigenvalue weighted by atomic mass is 19.1. The SMILES string of the molecule is CC1CC(C)CN(C(=O)N/C=C/c2ccccc2F)C1. The number of amides is 2. The Kier molecular flexibility index (Phi) is 4.77. The summed E-state index contributed by atoms with van der Waals surface area (Å²) in [6.45, 7) is 5.88. The van der Waals surface area contributed by atoms with Crippen molar-refractivity contribution >= 4 is 12.1 Å². The van der Waals surface area contributed by atoms with Gasteiger partial charge in [-0.25, -0.2) is 9.18 Å². The van der Waals surface area contributed by atoms with Crippen LogP contribution in [0.5, 0.6) is 0 Å². The predicted octanol–water partition coefficient (Wildman–Crippen LogP) is 3.48. The third-order valence-electron chi connectivity index (χ3n) is 3.53. The fourth-order valence-electron chi connectivity index (χ4n) is 2.73. The van der Waals surface area contributed by atoms with Gasteiger partial charge in [0, 0.05) is 24.9 Å². The molecule has 1 aromatic rings. The molecule has 1 heterocycles. The van der Waals surface area contributed by atoms with E-state index < -0.39 is 0 Å². The lowest BCUT2D eigenvalue weighted by atomic mass is 9.92. The Balaban J connectivity index is 1.90. The first kappa shape index (κ1) is 14.6. The molecular formula is C16H21FN2O. The number of nitrogens with zero attached hydrogens (tertiary/aromatic N) is 1. The molecule has 0 aromatic heterocycles. The van der Waals surface area contributed by atoms with Crippen LogP contribution in [0.4, 0.5) is 9.18 Å². The van der Waals surface area contributed by atoms with Gasteiger partial charge in [-0.15, -0.1) is 0 Å². The number of hydrogen-bond donors (Lipinski definition) is 1. The van der Waals surface area contributed by atoms with Crippen LogP contribution in [0.1, 0.15) is 25.8 Å². The molecule has 0 saturated carbocycles. The number of carbonyl (C=O) groups is 1. The van der Waals surface area contributed by atoms with Gasteiger partial charge in [0.15, 0.2) is 0 Å². The minimum atomic E-state index is -0.293. The average molecular weight is 276 g/mol. The molecule has 2 atom stereocenters. The van der Waals surface area contributed by atoms with Crippen LogP contribution in [0.15, 0.2) is 30.5 Å². The molecule has 4 heteroatoms. The van der Waals surface area contributed by atoms with Gasteiger partial charge in [-0.2, -0.15) is 0 Å². The van der Waals surface area contributed by atoms with Crippen molar-refractivity contribution in [2.24, 2.45) is 11.8 Å². The second-order valence-electron chi connectivity index (χ2n) is 5.66. The maximum atomic E-state index is 13.4. The van der Waals surface area contributed by atoms with E-state index in [-0.39, 0.29) is 11.8 Å². The standard InChI is InChI=1S/C16H21FN2O/c1-12-9-13(2)11-19(10-12)16(20)18-8-7-14-5-3-4-6-15(14)17/h3-8,12-13H,9-11H2,1-2H3,(H,18,20)/b8-7+. The summed E-state index contributed by atoms with van der Waals surface area (Å²) < 4.78 is 13.4. The second-order valence-corrected chi connectivity index (χ2v) is 5.66. The van der Waals surface area contributed by atoms with E-state index in [9.17, 15) is 9.18 Å². The quantitative estimate of drug-likeness (QED) is 0.881. The number of carbonyl (C=O) groups excluding carboxylic acids is 1. The molecule has 0 aliphatic carbocycles. The zero-order chi connectivity index (χ0) is 14.5. The normalized spacial score (nSPS) is 23.1. The molecular weight excluding hydrogens is 255 g/mol. The molecule has 1 fully saturated rings. The highest BCUT2D eigenvalue weighted by Gasteiger charge is 2.24. The van der Waals surface area contributed by atoms with Gasteiger partial charge in [0.1, 0.15) is 5.82 Å². The largest absolute Gasteiger partial charge is 0.324 e. The van der Waals surface area contributed by atoms with Crippen molar-refractivity contribution in [1.82, 2.24) is 10.2 Å². The van der Waals surface area contributed by atoms with E-state index in [1.54, 1.807) is 24.3 Å². The molecule has 0 spiro atoms. The van der Waals surface area contributed by atoms with Gasteiger partial charge < -0.3 is 10.2 Å². The van der Waals surface area contributed by atoms with Crippen molar-refractivity contribution < 1.29 is 9.18 Å². The Morgan fingerprint density at radius 1 is 1.30 bits per heavy atom. The third-order valence-corrected chi connectivity index (χ3v) is 3.53. The third kappa shape index (κ3) is 3.83. The van der Waals surface area contributed by atoms with E-state index in [4.69, 9.17) is 0 Å². The topological polar surface area (TPSA) is 32.3 Å². The molecule has 2 unspecified atom stereocenters. The van der Waals surface area contributed by atoms with E-state index >= 15 is 0 Å². The van der Waals surface area contributed by atoms with Crippen LogP contribution in [-0.2, 0) is 0 Å². The van der Waals surface area contributed by atoms with Gasteiger partial charge in [0.05, 0.1) is 0 Å². The van der Waals surface area contributed by atoms with Gasteiger partial charge in [0.25, 0.3) is 0 Å². The lowest BCUT2D eigenvalue weighted by Gasteiger charge is -2.34. The zero-order valence-electron chi connectivity index (χ0n) is 12.0. The first-order chi connectivity index (χ1) is 9.56. The molecule has 1 aromatic carbocycles. The lowest BCUT2D eigenvalue weighted by molar-refractivity contribution is 0.149. The Labute approximate surface area is 119 Å². The van der Waals surface area contributed by atoms with Crippen LogP contribution < -0.4 is 5.32 Å². The van der Waals surface area contributed by atoms with Crippen molar-refractivity contribution in [3.8, 4) is 0 Å². The van der Waals surface area contributed by atoms with Crippen LogP contribution in [0, 0.1) is 17.7 Å². The minimum absolute atomic E-state index is 0.115. The van der Waals surface area contributed by atoms with E-state index in [1.165, 1.54) is 12.3 Å². The Morgan fingerprint density at radius 2 is 1.95 bits per heavy atom. The van der Waals surface area contributed by atoms with Crippen LogP contribution >= 0.6 is 0 Å². The summed E-state index contributed by atoms with van der Waals surface area (Å²) in [5, 5.41) is 2.71. The molecule has 1 aliphatic rings. The van der Waals surface area contributed by atoms with Crippen LogP contribution in [0.3, 0.4) is 0 Å². The highest BCUT2D eigenvalue weighted by Crippen LogP contribution is 2.20. The number of piperidine rings is 1. The molecule has 2 amide bonds. The van der Waals surface area contributed by atoms with Crippen molar-refractivity contribution in [2.75, 3.05) is 13.1 Å². The molecule has 1 saturated heterocycles. The maximum absolute atomic E-state index is 13.4. The Bertz CT molecular complexity index is 491. The summed E-state index contributed by atoms with van der Waals surface area (Å²) in [4.78, 5) is 13.9. The molecule has 0 radical (unpaired) electrons. The average Bonchev–Trinajstić information content (AvgIpc) is 2.39. The molecule has 3 nitrogen and oxygen atoms in total. The summed E-state index contributed by atoms with van der Waals surface area (Å²) in [6.07, 6.45) is 4.24. The molecule has 108 valence electrons. The van der Waals surface area contributed by atoms with E-state index in [1.807, 2.05) is 4.90 Å². The number of nitrogens with one attached hydrogen (secondary N) is 1. The van der Waals surface area contributed by atoms with Crippen molar-refractivity contribution in [3.63, 3.8) is 0 Å². The number of halogens is 1. The first-order valence-electron chi connectivity index (χ1n) is 7.02. The molecule has 20 heavy (non-hydrogen) atoms. The summed E-state index contributed by atoms with van der Waals surface area (Å²) >= 11 is 0. The van der Waals surface area contributed by atoms with Gasteiger partial charge in [-0.1, -0.05) is 32.0 Å². The van der Waals surface area contributed by atoms with Crippen LogP contribution in [-0.4, -0.2) is 24.0 Å². The fraction of sp³-hybridized carbons (Fsp3) is 0.438. The monoisotopic (exact) mass is 276 g/mol. The summed E-state index contributed by atoms with van der Waals surface area (Å²) in [7, 11) is 0. The van der Waals surface area contributed by atoms with Crippen molar-refractivity contribution in [2.45, 2.75) is 20.3 Å². The Morgan fingerprint density at radius 3 is 2.60 bits per heavy atom. The molecule has 0 bridgehead atoms. The van der Waals surface area contributed by atoms with Crippen LogP contribution in [0.2, 0.25) is 0 Å². The highest BCUT2D eigenvalue weighted by molar-refractivity contribution is 5.76. The predicted molar refractivity (Wildman–Crippen MR) is 78.5 cm³/mol. The van der Waals surface area contributed by atoms with Crippen molar-refractivity contribution in [3.05, 3.63) is 41.8 Å². The summed E-state index contributed by atoms with van der Waals surface area (Å²) in [5.74, 6) is 0.762. The van der Waals surface area contributed by atoms with Gasteiger partial charge >= 0.3 is 6.03 Å². The van der Waals surface area contributed by atoms with E-state index in [0.717, 1.165) is 19.5 Å². The van der Waals surface area contributed by atoms with Crippen LogP contribution in [0.25, 0.3) is 6.08 Å². The number of rotatable bonds is 2. The maximum Gasteiger partial charge on any atom is 0.321 e. The zero-order valence-corrected chi connectivity index (χ0v) is 12.0. The number of urea groups is 1. The van der Waals surface area contributed by atoms with E-state index in [0.29, 0.717) is 17.4 Å². The van der Waals surface area contributed by atoms with Gasteiger partial charge in [-0.3, -0.25) is 0 Å². The number of likely N-dealkylation sites (tertiary alicyclic amines) is 1. The molecule has 2 rings (SSSR count). The number of benzene rings is 1. The molecule has 1 N–H and O–H groups in total. The second kappa shape index (κ2) is 6.55. The first-order valence-corrected chi connectivity index (χ1v) is 7.02. The summed E-state index contributed by atoms with van der Waals surface area (Å²) in [6, 6.07) is 6.36. The number of hydrogen-bond acceptors (Lipinski definition) is 1. The minimum Gasteiger partial charge on any atom is -0.324 e.